The zero-order chi connectivity index (χ0) is 31.6. The van der Waals surface area contributed by atoms with Gasteiger partial charge in [-0.1, -0.05) is 155 Å². The molecular weight excluding hydrogens is 534 g/mol. The van der Waals surface area contributed by atoms with Gasteiger partial charge in [-0.2, -0.15) is 0 Å². The summed E-state index contributed by atoms with van der Waals surface area (Å²) < 4.78 is 11.6. The molecule has 0 N–H and O–H groups in total. The van der Waals surface area contributed by atoms with Gasteiger partial charge in [0, 0.05) is 19.5 Å². The van der Waals surface area contributed by atoms with Crippen LogP contribution in [0.5, 0.6) is 0 Å². The molecule has 0 fully saturated rings. The van der Waals surface area contributed by atoms with Gasteiger partial charge >= 0.3 is 12.1 Å². The summed E-state index contributed by atoms with van der Waals surface area (Å²) >= 11 is 0. The van der Waals surface area contributed by atoms with Crippen molar-refractivity contribution in [3.63, 3.8) is 0 Å². The number of hydrogen-bond donors (Lipinski definition) is 0. The fourth-order valence-electron chi connectivity index (χ4n) is 5.50. The molecule has 0 saturated heterocycles. The second-order valence-electron chi connectivity index (χ2n) is 12.6. The zero-order valence-corrected chi connectivity index (χ0v) is 29.3. The molecule has 5 nitrogen and oxygen atoms in total. The van der Waals surface area contributed by atoms with E-state index >= 15 is 0 Å². The van der Waals surface area contributed by atoms with Crippen LogP contribution >= 0.6 is 0 Å². The summed E-state index contributed by atoms with van der Waals surface area (Å²) in [6, 6.07) is 0. The molecule has 0 aromatic heterocycles. The van der Waals surface area contributed by atoms with Gasteiger partial charge in [0.15, 0.2) is 0 Å². The summed E-state index contributed by atoms with van der Waals surface area (Å²) in [4.78, 5) is 27.8. The Morgan fingerprint density at radius 2 is 1.05 bits per heavy atom. The molecule has 1 atom stereocenters. The van der Waals surface area contributed by atoms with Crippen LogP contribution in [0.1, 0.15) is 195 Å². The molecule has 0 aromatic rings. The SMILES string of the molecule is CC/C=C/CCOC(=O)CCC(CCCCCCC)OC(=O)N(CCCCCCCCCC)CCCCCCCCCC. The van der Waals surface area contributed by atoms with Crippen LogP contribution in [-0.4, -0.2) is 42.8 Å². The van der Waals surface area contributed by atoms with Gasteiger partial charge in [-0.3, -0.25) is 4.79 Å². The zero-order valence-electron chi connectivity index (χ0n) is 29.3. The van der Waals surface area contributed by atoms with E-state index in [0.29, 0.717) is 19.4 Å². The number of amides is 1. The molecule has 0 saturated carbocycles. The maximum Gasteiger partial charge on any atom is 0.410 e. The predicted octanol–water partition coefficient (Wildman–Crippen LogP) is 12.1. The summed E-state index contributed by atoms with van der Waals surface area (Å²) in [6.07, 6.45) is 33.2. The quantitative estimate of drug-likeness (QED) is 0.0433. The number of unbranched alkanes of at least 4 members (excludes halogenated alkanes) is 18. The summed E-state index contributed by atoms with van der Waals surface area (Å²) in [5, 5.41) is 0. The second kappa shape index (κ2) is 33.4. The van der Waals surface area contributed by atoms with Crippen LogP contribution in [-0.2, 0) is 14.3 Å². The lowest BCUT2D eigenvalue weighted by Crippen LogP contribution is -2.36. The lowest BCUT2D eigenvalue weighted by Gasteiger charge is -2.26. The highest BCUT2D eigenvalue weighted by Crippen LogP contribution is 2.17. The first kappa shape index (κ1) is 41.5. The van der Waals surface area contributed by atoms with Crippen molar-refractivity contribution in [2.45, 2.75) is 201 Å². The predicted molar refractivity (Wildman–Crippen MR) is 185 cm³/mol. The van der Waals surface area contributed by atoms with Crippen LogP contribution in [0.25, 0.3) is 0 Å². The summed E-state index contributed by atoms with van der Waals surface area (Å²) in [7, 11) is 0. The Labute approximate surface area is 268 Å². The molecule has 0 aliphatic carbocycles. The Morgan fingerprint density at radius 1 is 0.581 bits per heavy atom. The van der Waals surface area contributed by atoms with Gasteiger partial charge in [0.1, 0.15) is 6.10 Å². The molecule has 43 heavy (non-hydrogen) atoms. The van der Waals surface area contributed by atoms with E-state index < -0.39 is 0 Å². The minimum Gasteiger partial charge on any atom is -0.465 e. The second-order valence-corrected chi connectivity index (χ2v) is 12.6. The van der Waals surface area contributed by atoms with Crippen LogP contribution < -0.4 is 0 Å². The van der Waals surface area contributed by atoms with E-state index in [-0.39, 0.29) is 18.2 Å². The first-order valence-electron chi connectivity index (χ1n) is 18.8. The van der Waals surface area contributed by atoms with Gasteiger partial charge in [0.25, 0.3) is 0 Å². The Bertz CT molecular complexity index is 615. The molecule has 0 radical (unpaired) electrons. The topological polar surface area (TPSA) is 55.8 Å². The fourth-order valence-corrected chi connectivity index (χ4v) is 5.50. The maximum absolute atomic E-state index is 13.5. The number of rotatable bonds is 32. The lowest BCUT2D eigenvalue weighted by molar-refractivity contribution is -0.144. The third kappa shape index (κ3) is 29.0. The minimum absolute atomic E-state index is 0.178. The van der Waals surface area contributed by atoms with E-state index in [2.05, 4.69) is 39.8 Å². The van der Waals surface area contributed by atoms with E-state index in [1.54, 1.807) is 0 Å². The normalized spacial score (nSPS) is 12.1. The highest BCUT2D eigenvalue weighted by Gasteiger charge is 2.21. The number of esters is 1. The molecule has 0 rings (SSSR count). The van der Waals surface area contributed by atoms with Crippen molar-refractivity contribution >= 4 is 12.1 Å². The van der Waals surface area contributed by atoms with Crippen LogP contribution in [0.4, 0.5) is 4.79 Å². The molecule has 0 heterocycles. The van der Waals surface area contributed by atoms with E-state index in [1.807, 2.05) is 4.90 Å². The third-order valence-corrected chi connectivity index (χ3v) is 8.34. The minimum atomic E-state index is -0.221. The molecule has 0 bridgehead atoms. The van der Waals surface area contributed by atoms with Gasteiger partial charge in [0.05, 0.1) is 6.61 Å². The average molecular weight is 608 g/mol. The van der Waals surface area contributed by atoms with Gasteiger partial charge in [0.2, 0.25) is 0 Å². The van der Waals surface area contributed by atoms with E-state index in [4.69, 9.17) is 9.47 Å². The molecule has 1 unspecified atom stereocenters. The standard InChI is InChI=1S/C38H73NO4/c1-5-9-13-17-19-21-24-27-33-39(34-28-25-22-20-18-14-10-6-2)38(41)43-36(30-26-23-15-11-7-3)31-32-37(40)42-35-29-16-12-8-4/h12,16,36H,5-11,13-15,17-35H2,1-4H3/b16-12+. The Hall–Kier alpha value is -1.52. The fraction of sp³-hybridized carbons (Fsp3) is 0.895. The molecular formula is C38H73NO4. The molecule has 0 spiro atoms. The Kier molecular flexibility index (Phi) is 32.2. The Morgan fingerprint density at radius 3 is 1.53 bits per heavy atom. The monoisotopic (exact) mass is 608 g/mol. The number of ether oxygens (including phenoxy) is 2. The van der Waals surface area contributed by atoms with Gasteiger partial charge in [-0.05, 0) is 44.9 Å². The van der Waals surface area contributed by atoms with E-state index in [9.17, 15) is 9.59 Å². The van der Waals surface area contributed by atoms with Crippen molar-refractivity contribution in [1.82, 2.24) is 4.90 Å². The van der Waals surface area contributed by atoms with Crippen molar-refractivity contribution in [1.29, 1.82) is 0 Å². The number of allylic oxidation sites excluding steroid dienone is 1. The van der Waals surface area contributed by atoms with Crippen LogP contribution in [0, 0.1) is 0 Å². The first-order chi connectivity index (χ1) is 21.1. The molecule has 0 aromatic carbocycles. The molecule has 0 aliphatic heterocycles. The highest BCUT2D eigenvalue weighted by atomic mass is 16.6. The van der Waals surface area contributed by atoms with Crippen molar-refractivity contribution in [2.75, 3.05) is 19.7 Å². The average Bonchev–Trinajstić information content (AvgIpc) is 3.00. The number of nitrogens with zero attached hydrogens (tertiary/aromatic N) is 1. The Balaban J connectivity index is 4.90. The maximum atomic E-state index is 13.5. The third-order valence-electron chi connectivity index (χ3n) is 8.34. The van der Waals surface area contributed by atoms with Crippen molar-refractivity contribution in [3.8, 4) is 0 Å². The van der Waals surface area contributed by atoms with Crippen LogP contribution in [0.15, 0.2) is 12.2 Å². The molecule has 5 heteroatoms. The van der Waals surface area contributed by atoms with Crippen LogP contribution in [0.3, 0.4) is 0 Å². The summed E-state index contributed by atoms with van der Waals surface area (Å²) in [6.45, 7) is 10.8. The highest BCUT2D eigenvalue weighted by molar-refractivity contribution is 5.70. The largest absolute Gasteiger partial charge is 0.465 e. The molecule has 254 valence electrons. The molecule has 1 amide bonds. The van der Waals surface area contributed by atoms with Gasteiger partial charge in [-0.25, -0.2) is 4.79 Å². The number of carbonyl (C=O) groups is 2. The van der Waals surface area contributed by atoms with Gasteiger partial charge in [-0.15, -0.1) is 0 Å². The number of hydrogen-bond acceptors (Lipinski definition) is 4. The van der Waals surface area contributed by atoms with Gasteiger partial charge < -0.3 is 14.4 Å². The lowest BCUT2D eigenvalue weighted by atomic mass is 10.0. The smallest absolute Gasteiger partial charge is 0.410 e. The van der Waals surface area contributed by atoms with Crippen molar-refractivity contribution < 1.29 is 19.1 Å². The van der Waals surface area contributed by atoms with E-state index in [1.165, 1.54) is 109 Å². The molecule has 0 aliphatic rings. The van der Waals surface area contributed by atoms with Crippen LogP contribution in [0.2, 0.25) is 0 Å². The summed E-state index contributed by atoms with van der Waals surface area (Å²) in [5.41, 5.74) is 0. The first-order valence-corrected chi connectivity index (χ1v) is 18.8. The number of carbonyl (C=O) groups excluding carboxylic acids is 2. The summed E-state index contributed by atoms with van der Waals surface area (Å²) in [5.74, 6) is -0.188. The van der Waals surface area contributed by atoms with E-state index in [0.717, 1.165) is 58.0 Å². The van der Waals surface area contributed by atoms with Crippen molar-refractivity contribution in [2.24, 2.45) is 0 Å². The van der Waals surface area contributed by atoms with Crippen molar-refractivity contribution in [3.05, 3.63) is 12.2 Å².